The highest BCUT2D eigenvalue weighted by Gasteiger charge is 2.36. The molecule has 1 saturated carbocycles. The number of nitrogens with one attached hydrogen (secondary N) is 1. The van der Waals surface area contributed by atoms with Gasteiger partial charge >= 0.3 is 0 Å². The molecule has 0 amide bonds. The highest BCUT2D eigenvalue weighted by Crippen LogP contribution is 2.32. The first kappa shape index (κ1) is 11.0. The van der Waals surface area contributed by atoms with E-state index in [1.165, 1.54) is 51.7 Å². The first-order valence-corrected chi connectivity index (χ1v) is 6.97. The quantitative estimate of drug-likeness (QED) is 0.777. The van der Waals surface area contributed by atoms with Crippen molar-refractivity contribution in [2.24, 2.45) is 5.92 Å². The Hall–Kier alpha value is -0.120. The minimum Gasteiger partial charge on any atom is -0.380 e. The van der Waals surface area contributed by atoms with Crippen molar-refractivity contribution in [2.45, 2.75) is 44.2 Å². The van der Waals surface area contributed by atoms with Crippen LogP contribution in [0.25, 0.3) is 0 Å². The van der Waals surface area contributed by atoms with Crippen LogP contribution in [0.1, 0.15) is 32.1 Å². The number of rotatable bonds is 4. The van der Waals surface area contributed by atoms with E-state index in [0.29, 0.717) is 0 Å². The van der Waals surface area contributed by atoms with Gasteiger partial charge in [-0.3, -0.25) is 4.90 Å². The average Bonchev–Trinajstić information content (AvgIpc) is 3.02. The molecule has 2 heterocycles. The fraction of sp³-hybridized carbons (Fsp3) is 1.00. The van der Waals surface area contributed by atoms with Crippen LogP contribution in [0.2, 0.25) is 0 Å². The molecule has 0 spiro atoms. The lowest BCUT2D eigenvalue weighted by Gasteiger charge is -2.33. The lowest BCUT2D eigenvalue weighted by Crippen LogP contribution is -2.44. The van der Waals surface area contributed by atoms with E-state index in [4.69, 9.17) is 4.74 Å². The third-order valence-corrected chi connectivity index (χ3v) is 4.26. The van der Waals surface area contributed by atoms with Crippen LogP contribution < -0.4 is 5.32 Å². The molecule has 16 heavy (non-hydrogen) atoms. The van der Waals surface area contributed by atoms with Crippen LogP contribution in [0.15, 0.2) is 0 Å². The van der Waals surface area contributed by atoms with Crippen LogP contribution in [0.5, 0.6) is 0 Å². The number of nitrogens with zero attached hydrogens (tertiary/aromatic N) is 1. The molecule has 3 rings (SSSR count). The summed E-state index contributed by atoms with van der Waals surface area (Å²) in [5.41, 5.74) is 0. The molecule has 2 aliphatic heterocycles. The van der Waals surface area contributed by atoms with E-state index in [2.05, 4.69) is 10.2 Å². The maximum Gasteiger partial charge on any atom is 0.0622 e. The molecule has 92 valence electrons. The molecule has 1 N–H and O–H groups in total. The Labute approximate surface area is 98.5 Å². The summed E-state index contributed by atoms with van der Waals surface area (Å²) in [6.07, 6.45) is 6.90. The highest BCUT2D eigenvalue weighted by atomic mass is 16.5. The minimum atomic E-state index is 0.731. The van der Waals surface area contributed by atoms with E-state index in [-0.39, 0.29) is 0 Å². The second-order valence-corrected chi connectivity index (χ2v) is 5.66. The second kappa shape index (κ2) is 5.03. The molecule has 3 heteroatoms. The topological polar surface area (TPSA) is 24.5 Å². The van der Waals surface area contributed by atoms with Crippen molar-refractivity contribution in [1.29, 1.82) is 0 Å². The average molecular weight is 224 g/mol. The Morgan fingerprint density at radius 3 is 2.69 bits per heavy atom. The molecule has 1 aliphatic carbocycles. The molecule has 0 aromatic carbocycles. The number of hydrogen-bond donors (Lipinski definition) is 1. The Morgan fingerprint density at radius 2 is 2.06 bits per heavy atom. The van der Waals surface area contributed by atoms with Gasteiger partial charge in [0, 0.05) is 25.2 Å². The van der Waals surface area contributed by atoms with Gasteiger partial charge in [-0.15, -0.1) is 0 Å². The molecule has 0 radical (unpaired) electrons. The Bertz CT molecular complexity index is 218. The maximum absolute atomic E-state index is 5.55. The molecular formula is C13H24N2O. The predicted octanol–water partition coefficient (Wildman–Crippen LogP) is 1.24. The number of hydrogen-bond acceptors (Lipinski definition) is 3. The van der Waals surface area contributed by atoms with Gasteiger partial charge in [-0.2, -0.15) is 0 Å². The summed E-state index contributed by atoms with van der Waals surface area (Å²) in [4.78, 5) is 2.77. The summed E-state index contributed by atoms with van der Waals surface area (Å²) in [5, 5.41) is 3.53. The summed E-state index contributed by atoms with van der Waals surface area (Å²) >= 11 is 0. The standard InChI is InChI=1S/C13H24N2O/c1-2-11(8-14-6-1)9-15(12-3-4-12)13-5-7-16-10-13/h11-14H,1-10H2. The molecule has 0 aromatic heterocycles. The van der Waals surface area contributed by atoms with Gasteiger partial charge in [-0.05, 0) is 51.1 Å². The van der Waals surface area contributed by atoms with E-state index in [1.807, 2.05) is 0 Å². The lowest BCUT2D eigenvalue weighted by molar-refractivity contribution is 0.117. The first-order valence-electron chi connectivity index (χ1n) is 6.97. The Balaban J connectivity index is 1.55. The van der Waals surface area contributed by atoms with Crippen molar-refractivity contribution in [2.75, 3.05) is 32.8 Å². The van der Waals surface area contributed by atoms with E-state index in [0.717, 1.165) is 31.2 Å². The molecular weight excluding hydrogens is 200 g/mol. The highest BCUT2D eigenvalue weighted by molar-refractivity contribution is 4.91. The minimum absolute atomic E-state index is 0.731. The van der Waals surface area contributed by atoms with Crippen LogP contribution in [0.3, 0.4) is 0 Å². The molecule has 0 aromatic rings. The predicted molar refractivity (Wildman–Crippen MR) is 64.5 cm³/mol. The van der Waals surface area contributed by atoms with Crippen molar-refractivity contribution in [3.05, 3.63) is 0 Å². The molecule has 3 aliphatic rings. The van der Waals surface area contributed by atoms with E-state index in [9.17, 15) is 0 Å². The third kappa shape index (κ3) is 2.58. The van der Waals surface area contributed by atoms with Gasteiger partial charge in [0.15, 0.2) is 0 Å². The van der Waals surface area contributed by atoms with E-state index < -0.39 is 0 Å². The van der Waals surface area contributed by atoms with Crippen molar-refractivity contribution < 1.29 is 4.74 Å². The van der Waals surface area contributed by atoms with Gasteiger partial charge in [0.25, 0.3) is 0 Å². The van der Waals surface area contributed by atoms with Crippen LogP contribution >= 0.6 is 0 Å². The maximum atomic E-state index is 5.55. The second-order valence-electron chi connectivity index (χ2n) is 5.66. The zero-order chi connectivity index (χ0) is 10.8. The van der Waals surface area contributed by atoms with Crippen molar-refractivity contribution >= 4 is 0 Å². The van der Waals surface area contributed by atoms with Crippen LogP contribution in [0, 0.1) is 5.92 Å². The smallest absolute Gasteiger partial charge is 0.0622 e. The summed E-state index contributed by atoms with van der Waals surface area (Å²) in [6, 6.07) is 1.63. The van der Waals surface area contributed by atoms with Crippen molar-refractivity contribution in [3.63, 3.8) is 0 Å². The monoisotopic (exact) mass is 224 g/mol. The SMILES string of the molecule is C1CNCC(CN(C2CC2)C2CCOC2)C1. The van der Waals surface area contributed by atoms with Gasteiger partial charge in [0.1, 0.15) is 0 Å². The van der Waals surface area contributed by atoms with Crippen LogP contribution in [0.4, 0.5) is 0 Å². The van der Waals surface area contributed by atoms with Crippen LogP contribution in [-0.2, 0) is 4.74 Å². The largest absolute Gasteiger partial charge is 0.380 e. The zero-order valence-electron chi connectivity index (χ0n) is 10.2. The normalized spacial score (nSPS) is 35.8. The fourth-order valence-corrected chi connectivity index (χ4v) is 3.16. The Morgan fingerprint density at radius 1 is 1.12 bits per heavy atom. The third-order valence-electron chi connectivity index (χ3n) is 4.26. The Kier molecular flexibility index (Phi) is 3.46. The molecule has 2 unspecified atom stereocenters. The lowest BCUT2D eigenvalue weighted by atomic mass is 9.98. The number of ether oxygens (including phenoxy) is 1. The number of piperidine rings is 1. The van der Waals surface area contributed by atoms with Crippen molar-refractivity contribution in [1.82, 2.24) is 10.2 Å². The summed E-state index contributed by atoms with van der Waals surface area (Å²) in [6.45, 7) is 5.74. The molecule has 3 fully saturated rings. The zero-order valence-corrected chi connectivity index (χ0v) is 10.2. The van der Waals surface area contributed by atoms with E-state index >= 15 is 0 Å². The summed E-state index contributed by atoms with van der Waals surface area (Å²) in [7, 11) is 0. The van der Waals surface area contributed by atoms with Gasteiger partial charge < -0.3 is 10.1 Å². The van der Waals surface area contributed by atoms with E-state index in [1.54, 1.807) is 0 Å². The fourth-order valence-electron chi connectivity index (χ4n) is 3.16. The van der Waals surface area contributed by atoms with Gasteiger partial charge in [-0.25, -0.2) is 0 Å². The molecule has 3 nitrogen and oxygen atoms in total. The molecule has 2 atom stereocenters. The van der Waals surface area contributed by atoms with Crippen LogP contribution in [-0.4, -0.2) is 49.8 Å². The van der Waals surface area contributed by atoms with Crippen molar-refractivity contribution in [3.8, 4) is 0 Å². The van der Waals surface area contributed by atoms with Gasteiger partial charge in [0.05, 0.1) is 6.61 Å². The van der Waals surface area contributed by atoms with Gasteiger partial charge in [-0.1, -0.05) is 0 Å². The summed E-state index contributed by atoms with van der Waals surface area (Å²) in [5.74, 6) is 0.884. The molecule has 0 bridgehead atoms. The van der Waals surface area contributed by atoms with Gasteiger partial charge in [0.2, 0.25) is 0 Å². The first-order chi connectivity index (χ1) is 7.93. The molecule has 2 saturated heterocycles. The summed E-state index contributed by atoms with van der Waals surface area (Å²) < 4.78 is 5.55.